The number of ether oxygens (including phenoxy) is 2. The largest absolute Gasteiger partial charge is 0.445 e. The summed E-state index contributed by atoms with van der Waals surface area (Å²) >= 11 is 0. The van der Waals surface area contributed by atoms with E-state index in [4.69, 9.17) is 9.47 Å². The number of nitrogens with zero attached hydrogens (tertiary/aromatic N) is 1. The Morgan fingerprint density at radius 1 is 0.765 bits per heavy atom. The zero-order chi connectivity index (χ0) is 24.7. The number of benzene rings is 2. The van der Waals surface area contributed by atoms with E-state index in [1.165, 1.54) is 0 Å². The van der Waals surface area contributed by atoms with Gasteiger partial charge < -0.3 is 24.7 Å². The van der Waals surface area contributed by atoms with E-state index in [0.717, 1.165) is 33.8 Å². The molecule has 2 N–H and O–H groups in total. The lowest BCUT2D eigenvalue weighted by Gasteiger charge is -2.14. The Morgan fingerprint density at radius 2 is 1.24 bits per heavy atom. The van der Waals surface area contributed by atoms with Crippen molar-refractivity contribution in [1.29, 1.82) is 0 Å². The number of alkyl carbamates (subject to hydrolysis) is 2. The van der Waals surface area contributed by atoms with Crippen LogP contribution in [0.2, 0.25) is 0 Å². The van der Waals surface area contributed by atoms with Crippen molar-refractivity contribution in [1.82, 2.24) is 15.2 Å². The molecule has 0 aliphatic rings. The van der Waals surface area contributed by atoms with Crippen molar-refractivity contribution in [2.24, 2.45) is 0 Å². The molecular formula is C27H33N3O4. The van der Waals surface area contributed by atoms with Gasteiger partial charge in [0.05, 0.1) is 5.69 Å². The van der Waals surface area contributed by atoms with Gasteiger partial charge in [-0.25, -0.2) is 9.59 Å². The Kier molecular flexibility index (Phi) is 8.35. The summed E-state index contributed by atoms with van der Waals surface area (Å²) in [6, 6.07) is 19.8. The number of carbonyl (C=O) groups excluding carboxylic acids is 2. The second-order valence-electron chi connectivity index (χ2n) is 8.68. The summed E-state index contributed by atoms with van der Waals surface area (Å²) in [5.74, 6) is 0. The van der Waals surface area contributed by atoms with Crippen LogP contribution in [0.25, 0.3) is 16.9 Å². The number of hydrogen-bond acceptors (Lipinski definition) is 4. The van der Waals surface area contributed by atoms with Crippen molar-refractivity contribution in [3.05, 3.63) is 77.5 Å². The Hall–Kier alpha value is -3.74. The molecule has 0 spiro atoms. The van der Waals surface area contributed by atoms with E-state index >= 15 is 0 Å². The van der Waals surface area contributed by atoms with Crippen molar-refractivity contribution < 1.29 is 19.1 Å². The van der Waals surface area contributed by atoms with Crippen molar-refractivity contribution in [2.45, 2.75) is 59.9 Å². The van der Waals surface area contributed by atoms with Crippen LogP contribution >= 0.6 is 0 Å². The summed E-state index contributed by atoms with van der Waals surface area (Å²) in [6.07, 6.45) is -0.990. The highest BCUT2D eigenvalue weighted by Crippen LogP contribution is 2.35. The summed E-state index contributed by atoms with van der Waals surface area (Å²) in [4.78, 5) is 24.5. The number of aromatic nitrogens is 1. The number of amides is 2. The topological polar surface area (TPSA) is 81.6 Å². The third kappa shape index (κ3) is 6.19. The maximum Gasteiger partial charge on any atom is 0.407 e. The number of para-hydroxylation sites is 1. The van der Waals surface area contributed by atoms with E-state index in [9.17, 15) is 9.59 Å². The molecule has 0 bridgehead atoms. The van der Waals surface area contributed by atoms with Gasteiger partial charge in [-0.1, -0.05) is 48.5 Å². The minimum atomic E-state index is -0.497. The van der Waals surface area contributed by atoms with Gasteiger partial charge in [0.2, 0.25) is 0 Å². The molecular weight excluding hydrogens is 430 g/mol. The van der Waals surface area contributed by atoms with Crippen LogP contribution in [-0.2, 0) is 22.7 Å². The summed E-state index contributed by atoms with van der Waals surface area (Å²) in [6.45, 7) is 9.56. The quantitative estimate of drug-likeness (QED) is 0.448. The molecule has 180 valence electrons. The number of rotatable bonds is 8. The highest BCUT2D eigenvalue weighted by atomic mass is 16.6. The summed E-state index contributed by atoms with van der Waals surface area (Å²) in [5, 5.41) is 5.50. The van der Waals surface area contributed by atoms with Gasteiger partial charge in [0.1, 0.15) is 13.2 Å². The van der Waals surface area contributed by atoms with Gasteiger partial charge in [0, 0.05) is 34.6 Å². The van der Waals surface area contributed by atoms with Crippen LogP contribution in [0.1, 0.15) is 44.5 Å². The first kappa shape index (κ1) is 24.9. The SMILES string of the molecule is Cc1c(COC(=O)NC(C)C)c(COC(=O)NC(C)C)c(-c2ccccc2)n1-c1ccccc1. The molecule has 1 heterocycles. The molecule has 1 aromatic heterocycles. The van der Waals surface area contributed by atoms with E-state index in [-0.39, 0.29) is 25.3 Å². The predicted octanol–water partition coefficient (Wildman–Crippen LogP) is 5.72. The summed E-state index contributed by atoms with van der Waals surface area (Å²) in [7, 11) is 0. The van der Waals surface area contributed by atoms with Gasteiger partial charge in [0.15, 0.2) is 0 Å². The summed E-state index contributed by atoms with van der Waals surface area (Å²) in [5.41, 5.74) is 5.33. The Morgan fingerprint density at radius 3 is 1.74 bits per heavy atom. The molecule has 2 amide bonds. The van der Waals surface area contributed by atoms with Gasteiger partial charge in [-0.05, 0) is 52.3 Å². The molecule has 2 aromatic carbocycles. The fraction of sp³-hybridized carbons (Fsp3) is 0.333. The van der Waals surface area contributed by atoms with Gasteiger partial charge >= 0.3 is 12.2 Å². The van der Waals surface area contributed by atoms with Crippen LogP contribution < -0.4 is 10.6 Å². The fourth-order valence-corrected chi connectivity index (χ4v) is 3.78. The monoisotopic (exact) mass is 463 g/mol. The average Bonchev–Trinajstić information content (AvgIpc) is 3.07. The van der Waals surface area contributed by atoms with Crippen LogP contribution in [0, 0.1) is 6.92 Å². The van der Waals surface area contributed by atoms with E-state index in [0.29, 0.717) is 0 Å². The van der Waals surface area contributed by atoms with Crippen LogP contribution in [0.4, 0.5) is 9.59 Å². The van der Waals surface area contributed by atoms with Gasteiger partial charge in [-0.15, -0.1) is 0 Å². The zero-order valence-electron chi connectivity index (χ0n) is 20.4. The van der Waals surface area contributed by atoms with Gasteiger partial charge in [-0.2, -0.15) is 0 Å². The molecule has 3 aromatic rings. The second kappa shape index (κ2) is 11.4. The predicted molar refractivity (Wildman–Crippen MR) is 133 cm³/mol. The van der Waals surface area contributed by atoms with Crippen molar-refractivity contribution in [3.8, 4) is 16.9 Å². The van der Waals surface area contributed by atoms with Crippen LogP contribution in [0.3, 0.4) is 0 Å². The zero-order valence-corrected chi connectivity index (χ0v) is 20.4. The van der Waals surface area contributed by atoms with E-state index in [1.807, 2.05) is 95.3 Å². The molecule has 0 aliphatic heterocycles. The number of carbonyl (C=O) groups is 2. The third-order valence-electron chi connectivity index (χ3n) is 5.22. The third-order valence-corrected chi connectivity index (χ3v) is 5.22. The van der Waals surface area contributed by atoms with E-state index in [2.05, 4.69) is 15.2 Å². The molecule has 3 rings (SSSR count). The second-order valence-corrected chi connectivity index (χ2v) is 8.68. The number of hydrogen-bond donors (Lipinski definition) is 2. The smallest absolute Gasteiger partial charge is 0.407 e. The maximum absolute atomic E-state index is 12.3. The van der Waals surface area contributed by atoms with E-state index in [1.54, 1.807) is 0 Å². The molecule has 7 nitrogen and oxygen atoms in total. The minimum Gasteiger partial charge on any atom is -0.445 e. The first-order chi connectivity index (χ1) is 16.3. The van der Waals surface area contributed by atoms with Crippen LogP contribution in [0.15, 0.2) is 60.7 Å². The molecule has 0 fully saturated rings. The Labute approximate surface area is 201 Å². The lowest BCUT2D eigenvalue weighted by Crippen LogP contribution is -2.31. The molecule has 0 unspecified atom stereocenters. The summed E-state index contributed by atoms with van der Waals surface area (Å²) < 4.78 is 13.3. The highest BCUT2D eigenvalue weighted by Gasteiger charge is 2.24. The van der Waals surface area contributed by atoms with Crippen molar-refractivity contribution >= 4 is 12.2 Å². The molecule has 0 saturated carbocycles. The van der Waals surface area contributed by atoms with Gasteiger partial charge in [-0.3, -0.25) is 0 Å². The van der Waals surface area contributed by atoms with Gasteiger partial charge in [0.25, 0.3) is 0 Å². The first-order valence-electron chi connectivity index (χ1n) is 11.5. The molecule has 0 atom stereocenters. The molecule has 0 radical (unpaired) electrons. The first-order valence-corrected chi connectivity index (χ1v) is 11.5. The fourth-order valence-electron chi connectivity index (χ4n) is 3.78. The Balaban J connectivity index is 2.11. The average molecular weight is 464 g/mol. The minimum absolute atomic E-state index is 0.0357. The van der Waals surface area contributed by atoms with Crippen LogP contribution in [-0.4, -0.2) is 28.8 Å². The molecule has 7 heteroatoms. The van der Waals surface area contributed by atoms with Crippen molar-refractivity contribution in [2.75, 3.05) is 0 Å². The Bertz CT molecular complexity index is 1110. The lowest BCUT2D eigenvalue weighted by molar-refractivity contribution is 0.129. The lowest BCUT2D eigenvalue weighted by atomic mass is 10.0. The molecule has 34 heavy (non-hydrogen) atoms. The standard InChI is InChI=1S/C27H33N3O4/c1-18(2)28-26(31)33-16-23-20(5)30(22-14-10-7-11-15-22)25(21-12-8-6-9-13-21)24(23)17-34-27(32)29-19(3)4/h6-15,18-19H,16-17H2,1-5H3,(H,28,31)(H,29,32). The maximum atomic E-state index is 12.3. The van der Waals surface area contributed by atoms with Crippen molar-refractivity contribution in [3.63, 3.8) is 0 Å². The molecule has 0 saturated heterocycles. The highest BCUT2D eigenvalue weighted by molar-refractivity contribution is 5.72. The van der Waals surface area contributed by atoms with E-state index < -0.39 is 12.2 Å². The molecule has 0 aliphatic carbocycles. The van der Waals surface area contributed by atoms with Crippen LogP contribution in [0.5, 0.6) is 0 Å². The normalized spacial score (nSPS) is 10.9. The number of nitrogens with one attached hydrogen (secondary N) is 2.